The Morgan fingerprint density at radius 3 is 2.52 bits per heavy atom. The number of aliphatic carboxylic acids is 1. The molecule has 23 heavy (non-hydrogen) atoms. The summed E-state index contributed by atoms with van der Waals surface area (Å²) in [7, 11) is 1.97. The summed E-state index contributed by atoms with van der Waals surface area (Å²) in [6, 6.07) is 7.49. The van der Waals surface area contributed by atoms with Gasteiger partial charge in [-0.05, 0) is 43.5 Å². The Kier molecular flexibility index (Phi) is 6.38. The fraction of sp³-hybridized carbons (Fsp3) is 0.588. The SMILES string of the molecule is CCC(Oc1ccc(N=NN(C)C2CCCCC2)cc1)C(=O)O. The number of nitrogens with zero attached hydrogens (tertiary/aromatic N) is 3. The molecule has 1 N–H and O–H groups in total. The molecule has 0 spiro atoms. The second kappa shape index (κ2) is 8.50. The van der Waals surface area contributed by atoms with Gasteiger partial charge in [-0.3, -0.25) is 5.01 Å². The zero-order chi connectivity index (χ0) is 16.7. The second-order valence-electron chi connectivity index (χ2n) is 5.90. The van der Waals surface area contributed by atoms with Crippen molar-refractivity contribution in [2.75, 3.05) is 7.05 Å². The van der Waals surface area contributed by atoms with Gasteiger partial charge < -0.3 is 9.84 Å². The van der Waals surface area contributed by atoms with Gasteiger partial charge in [-0.1, -0.05) is 31.4 Å². The first-order valence-corrected chi connectivity index (χ1v) is 8.24. The lowest BCUT2D eigenvalue weighted by molar-refractivity contribution is -0.145. The van der Waals surface area contributed by atoms with Crippen molar-refractivity contribution in [2.24, 2.45) is 10.3 Å². The topological polar surface area (TPSA) is 74.5 Å². The zero-order valence-corrected chi connectivity index (χ0v) is 13.8. The zero-order valence-electron chi connectivity index (χ0n) is 13.8. The molecule has 1 unspecified atom stereocenters. The number of benzene rings is 1. The van der Waals surface area contributed by atoms with Crippen LogP contribution in [0.4, 0.5) is 5.69 Å². The van der Waals surface area contributed by atoms with Gasteiger partial charge in [0.2, 0.25) is 0 Å². The van der Waals surface area contributed by atoms with Crippen LogP contribution in [0.2, 0.25) is 0 Å². The number of hydrogen-bond acceptors (Lipinski definition) is 4. The molecule has 1 atom stereocenters. The molecule has 126 valence electrons. The molecule has 1 aromatic rings. The van der Waals surface area contributed by atoms with E-state index in [-0.39, 0.29) is 0 Å². The third kappa shape index (κ3) is 5.23. The summed E-state index contributed by atoms with van der Waals surface area (Å²) in [6.45, 7) is 1.78. The van der Waals surface area contributed by atoms with E-state index in [0.29, 0.717) is 18.2 Å². The maximum Gasteiger partial charge on any atom is 0.344 e. The van der Waals surface area contributed by atoms with Crippen LogP contribution in [0.1, 0.15) is 45.4 Å². The van der Waals surface area contributed by atoms with Gasteiger partial charge in [0.05, 0.1) is 5.69 Å². The van der Waals surface area contributed by atoms with Gasteiger partial charge in [0, 0.05) is 13.1 Å². The summed E-state index contributed by atoms with van der Waals surface area (Å²) in [4.78, 5) is 11.0. The van der Waals surface area contributed by atoms with Crippen LogP contribution in [-0.4, -0.2) is 35.3 Å². The van der Waals surface area contributed by atoms with Gasteiger partial charge in [0.15, 0.2) is 6.10 Å². The molecule has 6 heteroatoms. The highest BCUT2D eigenvalue weighted by molar-refractivity contribution is 5.72. The Morgan fingerprint density at radius 1 is 1.30 bits per heavy atom. The summed E-state index contributed by atoms with van der Waals surface area (Å²) in [5.41, 5.74) is 0.725. The molecule has 1 fully saturated rings. The van der Waals surface area contributed by atoms with E-state index in [2.05, 4.69) is 10.3 Å². The normalized spacial score (nSPS) is 17.1. The summed E-state index contributed by atoms with van der Waals surface area (Å²) >= 11 is 0. The minimum atomic E-state index is -0.953. The van der Waals surface area contributed by atoms with Crippen molar-refractivity contribution in [1.82, 2.24) is 5.01 Å². The lowest BCUT2D eigenvalue weighted by Crippen LogP contribution is -2.28. The fourth-order valence-electron chi connectivity index (χ4n) is 2.71. The number of carboxylic acid groups (broad SMARTS) is 1. The maximum atomic E-state index is 11.0. The van der Waals surface area contributed by atoms with Crippen molar-refractivity contribution in [3.8, 4) is 5.75 Å². The van der Waals surface area contributed by atoms with Crippen molar-refractivity contribution >= 4 is 11.7 Å². The molecule has 0 aromatic heterocycles. The largest absolute Gasteiger partial charge is 0.479 e. The average Bonchev–Trinajstić information content (AvgIpc) is 2.59. The van der Waals surface area contributed by atoms with Gasteiger partial charge in [-0.2, -0.15) is 0 Å². The molecule has 2 rings (SSSR count). The summed E-state index contributed by atoms with van der Waals surface area (Å²) in [6.07, 6.45) is 5.80. The van der Waals surface area contributed by atoms with Crippen LogP contribution in [0.5, 0.6) is 5.75 Å². The molecular formula is C17H25N3O3. The van der Waals surface area contributed by atoms with E-state index in [4.69, 9.17) is 9.84 Å². The van der Waals surface area contributed by atoms with E-state index in [1.807, 2.05) is 12.1 Å². The molecule has 6 nitrogen and oxygen atoms in total. The van der Waals surface area contributed by atoms with Crippen molar-refractivity contribution in [3.63, 3.8) is 0 Å². The Bertz CT molecular complexity index is 524. The molecule has 0 heterocycles. The lowest BCUT2D eigenvalue weighted by atomic mass is 9.95. The second-order valence-corrected chi connectivity index (χ2v) is 5.90. The average molecular weight is 319 g/mol. The number of hydrogen-bond donors (Lipinski definition) is 1. The van der Waals surface area contributed by atoms with Crippen molar-refractivity contribution in [2.45, 2.75) is 57.6 Å². The molecule has 1 saturated carbocycles. The quantitative estimate of drug-likeness (QED) is 0.604. The van der Waals surface area contributed by atoms with E-state index in [1.165, 1.54) is 32.1 Å². The molecule has 1 aliphatic rings. The summed E-state index contributed by atoms with van der Waals surface area (Å²) in [5.74, 6) is -0.427. The van der Waals surface area contributed by atoms with E-state index < -0.39 is 12.1 Å². The number of rotatable bonds is 7. The van der Waals surface area contributed by atoms with Crippen molar-refractivity contribution in [3.05, 3.63) is 24.3 Å². The number of carbonyl (C=O) groups is 1. The predicted molar refractivity (Wildman–Crippen MR) is 87.9 cm³/mol. The van der Waals surface area contributed by atoms with E-state index >= 15 is 0 Å². The monoisotopic (exact) mass is 319 g/mol. The minimum Gasteiger partial charge on any atom is -0.479 e. The molecular weight excluding hydrogens is 294 g/mol. The van der Waals surface area contributed by atoms with Gasteiger partial charge in [-0.25, -0.2) is 4.79 Å². The van der Waals surface area contributed by atoms with Crippen LogP contribution in [0.15, 0.2) is 34.6 Å². The van der Waals surface area contributed by atoms with E-state index in [1.54, 1.807) is 31.2 Å². The third-order valence-electron chi connectivity index (χ3n) is 4.17. The van der Waals surface area contributed by atoms with Crippen LogP contribution < -0.4 is 4.74 Å². The first-order chi connectivity index (χ1) is 11.1. The Balaban J connectivity index is 1.91. The van der Waals surface area contributed by atoms with Gasteiger partial charge >= 0.3 is 5.97 Å². The Hall–Kier alpha value is -2.11. The van der Waals surface area contributed by atoms with E-state index in [9.17, 15) is 4.79 Å². The number of carboxylic acids is 1. The molecule has 1 aromatic carbocycles. The van der Waals surface area contributed by atoms with Crippen LogP contribution in [0, 0.1) is 0 Å². The van der Waals surface area contributed by atoms with Crippen LogP contribution >= 0.6 is 0 Å². The molecule has 1 aliphatic carbocycles. The van der Waals surface area contributed by atoms with Gasteiger partial charge in [0.1, 0.15) is 5.75 Å². The van der Waals surface area contributed by atoms with Crippen LogP contribution in [0.25, 0.3) is 0 Å². The van der Waals surface area contributed by atoms with E-state index in [0.717, 1.165) is 5.69 Å². The molecule has 0 saturated heterocycles. The Morgan fingerprint density at radius 2 is 1.96 bits per heavy atom. The molecule has 0 bridgehead atoms. The molecule has 0 aliphatic heterocycles. The van der Waals surface area contributed by atoms with Crippen molar-refractivity contribution in [1.29, 1.82) is 0 Å². The standard InChI is InChI=1S/C17H25N3O3/c1-3-16(17(21)22)23-15-11-9-13(10-12-15)18-19-20(2)14-7-5-4-6-8-14/h9-12,14,16H,3-8H2,1-2H3,(H,21,22). The van der Waals surface area contributed by atoms with Crippen LogP contribution in [0.3, 0.4) is 0 Å². The first-order valence-electron chi connectivity index (χ1n) is 8.24. The van der Waals surface area contributed by atoms with Crippen molar-refractivity contribution < 1.29 is 14.6 Å². The maximum absolute atomic E-state index is 11.0. The smallest absolute Gasteiger partial charge is 0.344 e. The minimum absolute atomic E-state index is 0.420. The number of ether oxygens (including phenoxy) is 1. The van der Waals surface area contributed by atoms with Gasteiger partial charge in [0.25, 0.3) is 0 Å². The highest BCUT2D eigenvalue weighted by Gasteiger charge is 2.17. The highest BCUT2D eigenvalue weighted by atomic mass is 16.5. The lowest BCUT2D eigenvalue weighted by Gasteiger charge is -2.27. The summed E-state index contributed by atoms with van der Waals surface area (Å²) in [5, 5.41) is 19.5. The predicted octanol–water partition coefficient (Wildman–Crippen LogP) is 4.19. The Labute approximate surface area is 137 Å². The fourth-order valence-corrected chi connectivity index (χ4v) is 2.71. The van der Waals surface area contributed by atoms with Gasteiger partial charge in [-0.15, -0.1) is 5.11 Å². The van der Waals surface area contributed by atoms with Crippen LogP contribution in [-0.2, 0) is 4.79 Å². The molecule has 0 amide bonds. The summed E-state index contributed by atoms with van der Waals surface area (Å²) < 4.78 is 5.42. The first kappa shape index (κ1) is 17.2. The third-order valence-corrected chi connectivity index (χ3v) is 4.17. The highest BCUT2D eigenvalue weighted by Crippen LogP contribution is 2.24. The molecule has 0 radical (unpaired) electrons.